The fourth-order valence-corrected chi connectivity index (χ4v) is 9.35. The molecule has 0 radical (unpaired) electrons. The topological polar surface area (TPSA) is 103 Å². The lowest BCUT2D eigenvalue weighted by Crippen LogP contribution is -2.44. The second-order valence-corrected chi connectivity index (χ2v) is 17.5. The highest BCUT2D eigenvalue weighted by molar-refractivity contribution is 6.61. The first-order chi connectivity index (χ1) is 16.7. The van der Waals surface area contributed by atoms with Gasteiger partial charge in [0.05, 0.1) is 0 Å². The summed E-state index contributed by atoms with van der Waals surface area (Å²) in [5.41, 5.74) is 0. The normalized spacial score (nSPS) is 13.0. The monoisotopic (exact) mass is 559 g/mol. The lowest BCUT2D eigenvalue weighted by atomic mass is 9.96. The molecular formula is C21H49NO10Si3. The van der Waals surface area contributed by atoms with Crippen LogP contribution in [0.5, 0.6) is 0 Å². The summed E-state index contributed by atoms with van der Waals surface area (Å²) in [5.74, 6) is -0.0626. The smallest absolute Gasteiger partial charge is 0.377 e. The molecule has 0 unspecified atom stereocenters. The van der Waals surface area contributed by atoms with Crippen molar-refractivity contribution in [2.45, 2.75) is 50.2 Å². The van der Waals surface area contributed by atoms with Gasteiger partial charge in [0.2, 0.25) is 5.91 Å². The minimum Gasteiger partial charge on any atom is -0.377 e. The van der Waals surface area contributed by atoms with Crippen molar-refractivity contribution < 1.29 is 44.6 Å². The molecule has 0 aliphatic carbocycles. The van der Waals surface area contributed by atoms with Gasteiger partial charge in [-0.1, -0.05) is 0 Å². The lowest BCUT2D eigenvalue weighted by Gasteiger charge is -2.29. The van der Waals surface area contributed by atoms with Crippen LogP contribution in [0.1, 0.15) is 32.1 Å². The molecule has 0 bridgehead atoms. The standard InChI is InChI=1S/C21H49NO10Si3/c1-22(16-13-19-35(30-8,31-9)32-10)21(23)20(14-11-17-33(24-2,25-3)26-4)15-12-18-34(27-5,28-6)29-7/h20H,11-19H2,1-10H3. The van der Waals surface area contributed by atoms with Crippen LogP contribution in [0.25, 0.3) is 0 Å². The van der Waals surface area contributed by atoms with E-state index in [2.05, 4.69) is 0 Å². The third kappa shape index (κ3) is 11.0. The third-order valence-electron chi connectivity index (χ3n) is 6.57. The molecule has 0 heterocycles. The maximum Gasteiger partial charge on any atom is 0.500 e. The van der Waals surface area contributed by atoms with Crippen molar-refractivity contribution >= 4 is 32.3 Å². The molecule has 0 aromatic heterocycles. The molecule has 1 amide bonds. The summed E-state index contributed by atoms with van der Waals surface area (Å²) in [7, 11) is 8.16. The largest absolute Gasteiger partial charge is 0.500 e. The minimum atomic E-state index is -2.69. The Morgan fingerprint density at radius 1 is 0.571 bits per heavy atom. The Labute approximate surface area is 215 Å². The SMILES string of the molecule is CO[Si](CCCC(CCC[Si](OC)(OC)OC)C(=O)N(C)CCC[Si](OC)(OC)OC)(OC)OC. The van der Waals surface area contributed by atoms with Crippen LogP contribution in [0.3, 0.4) is 0 Å². The Morgan fingerprint density at radius 2 is 0.857 bits per heavy atom. The molecule has 0 fully saturated rings. The molecule has 0 saturated heterocycles. The first-order valence-electron chi connectivity index (χ1n) is 11.9. The van der Waals surface area contributed by atoms with Crippen LogP contribution in [0.15, 0.2) is 0 Å². The van der Waals surface area contributed by atoms with Crippen LogP contribution in [0.2, 0.25) is 18.1 Å². The molecule has 0 aliphatic rings. The van der Waals surface area contributed by atoms with Gasteiger partial charge >= 0.3 is 26.4 Å². The molecule has 11 nitrogen and oxygen atoms in total. The van der Waals surface area contributed by atoms with E-state index in [1.165, 1.54) is 0 Å². The van der Waals surface area contributed by atoms with E-state index in [0.29, 0.717) is 37.5 Å². The quantitative estimate of drug-likeness (QED) is 0.184. The first kappa shape index (κ1) is 34.8. The summed E-state index contributed by atoms with van der Waals surface area (Å²) in [4.78, 5) is 15.2. The van der Waals surface area contributed by atoms with E-state index < -0.39 is 26.4 Å². The van der Waals surface area contributed by atoms with Gasteiger partial charge in [0.15, 0.2) is 0 Å². The highest BCUT2D eigenvalue weighted by Crippen LogP contribution is 2.26. The molecule has 0 aliphatic heterocycles. The Hall–Kier alpha value is -0.239. The van der Waals surface area contributed by atoms with Gasteiger partial charge in [0, 0.05) is 102 Å². The summed E-state index contributed by atoms with van der Waals surface area (Å²) in [6.45, 7) is 0.583. The summed E-state index contributed by atoms with van der Waals surface area (Å²) in [6, 6.07) is 1.91. The maximum absolute atomic E-state index is 13.4. The van der Waals surface area contributed by atoms with Gasteiger partial charge in [-0.2, -0.15) is 0 Å². The minimum absolute atomic E-state index is 0.101. The highest BCUT2D eigenvalue weighted by atomic mass is 28.4. The Balaban J connectivity index is 5.22. The van der Waals surface area contributed by atoms with Gasteiger partial charge in [-0.05, 0) is 32.1 Å². The third-order valence-corrected chi connectivity index (χ3v) is 15.1. The van der Waals surface area contributed by atoms with E-state index in [1.807, 2.05) is 7.05 Å². The van der Waals surface area contributed by atoms with Crippen molar-refractivity contribution in [3.05, 3.63) is 0 Å². The Morgan fingerprint density at radius 3 is 1.14 bits per heavy atom. The van der Waals surface area contributed by atoms with Gasteiger partial charge in [-0.25, -0.2) is 0 Å². The van der Waals surface area contributed by atoms with Crippen molar-refractivity contribution in [3.8, 4) is 0 Å². The first-order valence-corrected chi connectivity index (χ1v) is 17.7. The summed E-state index contributed by atoms with van der Waals surface area (Å²) < 4.78 is 49.7. The van der Waals surface area contributed by atoms with E-state index >= 15 is 0 Å². The fourth-order valence-electron chi connectivity index (χ4n) is 4.14. The zero-order valence-corrected chi connectivity index (χ0v) is 26.5. The Kier molecular flexibility index (Phi) is 18.0. The van der Waals surface area contributed by atoms with Gasteiger partial charge < -0.3 is 44.7 Å². The van der Waals surface area contributed by atoms with Gasteiger partial charge in [0.25, 0.3) is 0 Å². The van der Waals surface area contributed by atoms with E-state index in [0.717, 1.165) is 19.3 Å². The predicted molar refractivity (Wildman–Crippen MR) is 139 cm³/mol. The molecule has 0 atom stereocenters. The fraction of sp³-hybridized carbons (Fsp3) is 0.952. The zero-order valence-electron chi connectivity index (χ0n) is 23.5. The van der Waals surface area contributed by atoms with Crippen molar-refractivity contribution in [2.75, 3.05) is 77.6 Å². The second kappa shape index (κ2) is 18.1. The van der Waals surface area contributed by atoms with Gasteiger partial charge in [0.1, 0.15) is 0 Å². The molecule has 0 aromatic rings. The summed E-state index contributed by atoms with van der Waals surface area (Å²) >= 11 is 0. The van der Waals surface area contributed by atoms with Crippen molar-refractivity contribution in [1.29, 1.82) is 0 Å². The van der Waals surface area contributed by atoms with Crippen LogP contribution in [-0.2, 0) is 44.6 Å². The summed E-state index contributed by atoms with van der Waals surface area (Å²) in [5, 5.41) is 0. The van der Waals surface area contributed by atoms with Crippen LogP contribution in [0.4, 0.5) is 0 Å². The number of nitrogens with zero attached hydrogens (tertiary/aromatic N) is 1. The number of carbonyl (C=O) groups excluding carboxylic acids is 1. The van der Waals surface area contributed by atoms with E-state index in [4.69, 9.17) is 39.8 Å². The zero-order chi connectivity index (χ0) is 27.0. The lowest BCUT2D eigenvalue weighted by molar-refractivity contribution is -0.134. The number of amides is 1. The van der Waals surface area contributed by atoms with Crippen molar-refractivity contribution in [1.82, 2.24) is 4.90 Å². The van der Waals surface area contributed by atoms with Gasteiger partial charge in [-0.15, -0.1) is 0 Å². The van der Waals surface area contributed by atoms with Crippen molar-refractivity contribution in [3.63, 3.8) is 0 Å². The van der Waals surface area contributed by atoms with Crippen LogP contribution in [0, 0.1) is 5.92 Å². The number of carbonyl (C=O) groups is 1. The molecule has 0 N–H and O–H groups in total. The van der Waals surface area contributed by atoms with Crippen LogP contribution >= 0.6 is 0 Å². The van der Waals surface area contributed by atoms with Crippen molar-refractivity contribution in [2.24, 2.45) is 5.92 Å². The summed E-state index contributed by atoms with van der Waals surface area (Å²) in [6.07, 6.45) is 3.61. The molecule has 14 heteroatoms. The molecule has 0 rings (SSSR count). The highest BCUT2D eigenvalue weighted by Gasteiger charge is 2.40. The van der Waals surface area contributed by atoms with Crippen LogP contribution in [-0.4, -0.2) is 115 Å². The molecule has 0 spiro atoms. The van der Waals surface area contributed by atoms with E-state index in [9.17, 15) is 4.79 Å². The average Bonchev–Trinajstić information content (AvgIpc) is 2.91. The maximum atomic E-state index is 13.4. The van der Waals surface area contributed by atoms with Crippen LogP contribution < -0.4 is 0 Å². The molecular weight excluding hydrogens is 510 g/mol. The molecule has 35 heavy (non-hydrogen) atoms. The molecule has 0 saturated carbocycles. The van der Waals surface area contributed by atoms with Gasteiger partial charge in [-0.3, -0.25) is 4.79 Å². The second-order valence-electron chi connectivity index (χ2n) is 8.23. The van der Waals surface area contributed by atoms with E-state index in [1.54, 1.807) is 68.9 Å². The number of hydrogen-bond acceptors (Lipinski definition) is 10. The predicted octanol–water partition coefficient (Wildman–Crippen LogP) is 2.65. The Bertz CT molecular complexity index is 513. The molecule has 0 aromatic carbocycles. The number of hydrogen-bond donors (Lipinski definition) is 0. The average molecular weight is 560 g/mol. The molecule has 210 valence electrons. The number of rotatable bonds is 22. The van der Waals surface area contributed by atoms with E-state index in [-0.39, 0.29) is 11.8 Å².